The minimum absolute atomic E-state index is 0.0141. The van der Waals surface area contributed by atoms with E-state index in [1.54, 1.807) is 6.07 Å². The maximum absolute atomic E-state index is 12.2. The van der Waals surface area contributed by atoms with Crippen molar-refractivity contribution < 1.29 is 13.3 Å². The molecule has 2 aromatic rings. The Hall–Kier alpha value is -2.93. The first-order valence-electron chi connectivity index (χ1n) is 5.56. The van der Waals surface area contributed by atoms with E-state index in [0.717, 1.165) is 12.3 Å². The molecule has 0 aliphatic heterocycles. The molecule has 0 aliphatic carbocycles. The van der Waals surface area contributed by atoms with Gasteiger partial charge in [-0.05, 0) is 13.0 Å². The van der Waals surface area contributed by atoms with Crippen LogP contribution < -0.4 is 4.72 Å². The summed E-state index contributed by atoms with van der Waals surface area (Å²) in [7, 11) is -4.07. The second-order valence-electron chi connectivity index (χ2n) is 4.08. The van der Waals surface area contributed by atoms with Crippen LogP contribution >= 0.6 is 0 Å². The van der Waals surface area contributed by atoms with E-state index < -0.39 is 14.9 Å². The molecule has 0 saturated heterocycles. The zero-order chi connectivity index (χ0) is 15.6. The van der Waals surface area contributed by atoms with Crippen LogP contribution in [0.3, 0.4) is 0 Å². The quantitative estimate of drug-likeness (QED) is 0.644. The largest absolute Gasteiger partial charge is 0.273 e. The SMILES string of the molecule is Cc1ccc(S(=O)(=O)Nc2[nH]ncc2C#N)cc1[N+](=O)[O-]. The highest BCUT2D eigenvalue weighted by atomic mass is 32.2. The van der Waals surface area contributed by atoms with Gasteiger partial charge in [0, 0.05) is 11.6 Å². The Morgan fingerprint density at radius 1 is 1.48 bits per heavy atom. The lowest BCUT2D eigenvalue weighted by molar-refractivity contribution is -0.385. The minimum atomic E-state index is -4.07. The molecule has 108 valence electrons. The molecule has 0 spiro atoms. The Kier molecular flexibility index (Phi) is 3.60. The molecule has 10 heteroatoms. The van der Waals surface area contributed by atoms with E-state index >= 15 is 0 Å². The summed E-state index contributed by atoms with van der Waals surface area (Å²) in [6, 6.07) is 5.30. The van der Waals surface area contributed by atoms with Gasteiger partial charge in [-0.3, -0.25) is 19.9 Å². The van der Waals surface area contributed by atoms with Crippen molar-refractivity contribution in [1.29, 1.82) is 5.26 Å². The zero-order valence-corrected chi connectivity index (χ0v) is 11.5. The van der Waals surface area contributed by atoms with Crippen molar-refractivity contribution >= 4 is 21.5 Å². The molecule has 1 aromatic carbocycles. The summed E-state index contributed by atoms with van der Waals surface area (Å²) in [5.74, 6) is -0.0965. The molecule has 2 rings (SSSR count). The third-order valence-electron chi connectivity index (χ3n) is 2.68. The summed E-state index contributed by atoms with van der Waals surface area (Å²) in [6.45, 7) is 1.50. The molecule has 1 heterocycles. The van der Waals surface area contributed by atoms with E-state index in [1.807, 2.05) is 0 Å². The second kappa shape index (κ2) is 5.22. The van der Waals surface area contributed by atoms with Crippen LogP contribution in [0, 0.1) is 28.4 Å². The highest BCUT2D eigenvalue weighted by Gasteiger charge is 2.21. The molecule has 0 atom stereocenters. The average Bonchev–Trinajstić information content (AvgIpc) is 2.85. The monoisotopic (exact) mass is 307 g/mol. The van der Waals surface area contributed by atoms with Gasteiger partial charge in [0.05, 0.1) is 16.0 Å². The zero-order valence-electron chi connectivity index (χ0n) is 10.7. The predicted octanol–water partition coefficient (Wildman–Crippen LogP) is 1.30. The molecule has 0 aliphatic rings. The lowest BCUT2D eigenvalue weighted by Gasteiger charge is -2.07. The fourth-order valence-corrected chi connectivity index (χ4v) is 2.65. The summed E-state index contributed by atoms with van der Waals surface area (Å²) in [5, 5.41) is 25.5. The van der Waals surface area contributed by atoms with Crippen LogP contribution in [0.5, 0.6) is 0 Å². The number of nitrogens with one attached hydrogen (secondary N) is 2. The molecular formula is C11H9N5O4S. The van der Waals surface area contributed by atoms with Crippen LogP contribution in [0.4, 0.5) is 11.5 Å². The van der Waals surface area contributed by atoms with E-state index in [9.17, 15) is 18.5 Å². The standard InChI is InChI=1S/C11H9N5O4S/c1-7-2-3-9(4-10(7)16(17)18)21(19,20)15-11-8(5-12)6-13-14-11/h2-4,6H,1H3,(H2,13,14,15). The Bertz CT molecular complexity index is 850. The fraction of sp³-hybridized carbons (Fsp3) is 0.0909. The number of anilines is 1. The molecular weight excluding hydrogens is 298 g/mol. The number of nitriles is 1. The summed E-state index contributed by atoms with van der Waals surface area (Å²) in [4.78, 5) is 9.91. The maximum Gasteiger partial charge on any atom is 0.273 e. The molecule has 0 amide bonds. The number of hydrogen-bond acceptors (Lipinski definition) is 6. The van der Waals surface area contributed by atoms with Gasteiger partial charge in [0.1, 0.15) is 11.6 Å². The van der Waals surface area contributed by atoms with E-state index in [0.29, 0.717) is 5.56 Å². The number of aromatic amines is 1. The van der Waals surface area contributed by atoms with Crippen LogP contribution in [0.25, 0.3) is 0 Å². The summed E-state index contributed by atoms with van der Waals surface area (Å²) >= 11 is 0. The summed E-state index contributed by atoms with van der Waals surface area (Å²) in [6.07, 6.45) is 1.16. The van der Waals surface area contributed by atoms with Crippen molar-refractivity contribution in [3.63, 3.8) is 0 Å². The Morgan fingerprint density at radius 2 is 2.19 bits per heavy atom. The van der Waals surface area contributed by atoms with Gasteiger partial charge >= 0.3 is 0 Å². The van der Waals surface area contributed by atoms with Crippen molar-refractivity contribution in [2.24, 2.45) is 0 Å². The first-order chi connectivity index (χ1) is 9.85. The molecule has 1 aromatic heterocycles. The van der Waals surface area contributed by atoms with Crippen molar-refractivity contribution in [3.8, 4) is 6.07 Å². The van der Waals surface area contributed by atoms with Gasteiger partial charge in [0.2, 0.25) is 0 Å². The van der Waals surface area contributed by atoms with Gasteiger partial charge in [-0.2, -0.15) is 10.4 Å². The van der Waals surface area contributed by atoms with Gasteiger partial charge in [-0.1, -0.05) is 6.07 Å². The Morgan fingerprint density at radius 3 is 2.81 bits per heavy atom. The third-order valence-corrected chi connectivity index (χ3v) is 4.03. The summed E-state index contributed by atoms with van der Waals surface area (Å²) < 4.78 is 26.5. The number of H-pyrrole nitrogens is 1. The van der Waals surface area contributed by atoms with E-state index in [1.165, 1.54) is 19.1 Å². The topological polar surface area (TPSA) is 142 Å². The first kappa shape index (κ1) is 14.5. The van der Waals surface area contributed by atoms with Gasteiger partial charge < -0.3 is 0 Å². The van der Waals surface area contributed by atoms with Crippen LogP contribution in [-0.4, -0.2) is 23.5 Å². The molecule has 0 saturated carbocycles. The lowest BCUT2D eigenvalue weighted by Crippen LogP contribution is -2.14. The normalized spacial score (nSPS) is 10.9. The number of benzene rings is 1. The van der Waals surface area contributed by atoms with Crippen LogP contribution in [0.2, 0.25) is 0 Å². The predicted molar refractivity (Wildman–Crippen MR) is 71.9 cm³/mol. The average molecular weight is 307 g/mol. The van der Waals surface area contributed by atoms with E-state index in [2.05, 4.69) is 14.9 Å². The van der Waals surface area contributed by atoms with E-state index in [4.69, 9.17) is 5.26 Å². The number of rotatable bonds is 4. The van der Waals surface area contributed by atoms with Gasteiger partial charge in [0.15, 0.2) is 5.82 Å². The molecule has 0 fully saturated rings. The van der Waals surface area contributed by atoms with Crippen molar-refractivity contribution in [2.45, 2.75) is 11.8 Å². The van der Waals surface area contributed by atoms with Gasteiger partial charge in [0.25, 0.3) is 15.7 Å². The minimum Gasteiger partial charge on any atom is -0.263 e. The number of nitrogens with zero attached hydrogens (tertiary/aromatic N) is 3. The van der Waals surface area contributed by atoms with Gasteiger partial charge in [-0.15, -0.1) is 0 Å². The second-order valence-corrected chi connectivity index (χ2v) is 5.76. The first-order valence-corrected chi connectivity index (χ1v) is 7.05. The van der Waals surface area contributed by atoms with E-state index in [-0.39, 0.29) is 22.0 Å². The smallest absolute Gasteiger partial charge is 0.263 e. The molecule has 0 unspecified atom stereocenters. The molecule has 0 radical (unpaired) electrons. The number of sulfonamides is 1. The van der Waals surface area contributed by atoms with Gasteiger partial charge in [-0.25, -0.2) is 8.42 Å². The Balaban J connectivity index is 2.43. The Labute approximate surface area is 119 Å². The maximum atomic E-state index is 12.2. The number of nitro groups is 1. The van der Waals surface area contributed by atoms with Crippen molar-refractivity contribution in [2.75, 3.05) is 4.72 Å². The number of aryl methyl sites for hydroxylation is 1. The lowest BCUT2D eigenvalue weighted by atomic mass is 10.2. The van der Waals surface area contributed by atoms with Crippen LogP contribution in [0.1, 0.15) is 11.1 Å². The number of nitro benzene ring substituents is 1. The summed E-state index contributed by atoms with van der Waals surface area (Å²) in [5.41, 5.74) is 0.0568. The number of hydrogen-bond donors (Lipinski definition) is 2. The highest BCUT2D eigenvalue weighted by Crippen LogP contribution is 2.24. The fourth-order valence-electron chi connectivity index (χ4n) is 1.60. The highest BCUT2D eigenvalue weighted by molar-refractivity contribution is 7.92. The van der Waals surface area contributed by atoms with Crippen LogP contribution in [-0.2, 0) is 10.0 Å². The molecule has 21 heavy (non-hydrogen) atoms. The molecule has 9 nitrogen and oxygen atoms in total. The molecule has 2 N–H and O–H groups in total. The number of aromatic nitrogens is 2. The van der Waals surface area contributed by atoms with Crippen LogP contribution in [0.15, 0.2) is 29.3 Å². The van der Waals surface area contributed by atoms with Crippen molar-refractivity contribution in [1.82, 2.24) is 10.2 Å². The molecule has 0 bridgehead atoms. The third kappa shape index (κ3) is 2.82. The van der Waals surface area contributed by atoms with Crippen molar-refractivity contribution in [3.05, 3.63) is 45.6 Å².